The van der Waals surface area contributed by atoms with Crippen LogP contribution >= 0.6 is 11.3 Å². The summed E-state index contributed by atoms with van der Waals surface area (Å²) in [5.41, 5.74) is 0.708. The maximum absolute atomic E-state index is 11.6. The van der Waals surface area contributed by atoms with E-state index in [2.05, 4.69) is 10.6 Å². The minimum absolute atomic E-state index is 0.156. The zero-order valence-electron chi connectivity index (χ0n) is 10.6. The Balaban J connectivity index is 1.75. The predicted molar refractivity (Wildman–Crippen MR) is 77.3 cm³/mol. The van der Waals surface area contributed by atoms with Gasteiger partial charge >= 0.3 is 12.0 Å². The fourth-order valence-corrected chi connectivity index (χ4v) is 2.39. The molecule has 0 saturated carbocycles. The quantitative estimate of drug-likeness (QED) is 0.712. The number of carboxylic acid groups (broad SMARTS) is 1. The fourth-order valence-electron chi connectivity index (χ4n) is 1.62. The SMILES string of the molecule is O=C(O)COCCNC(=O)Nc1ccc2sccc2c1. The van der Waals surface area contributed by atoms with Crippen molar-refractivity contribution in [2.45, 2.75) is 0 Å². The van der Waals surface area contributed by atoms with Crippen molar-refractivity contribution in [3.05, 3.63) is 29.6 Å². The molecule has 2 rings (SSSR count). The molecule has 20 heavy (non-hydrogen) atoms. The van der Waals surface area contributed by atoms with E-state index in [1.54, 1.807) is 11.3 Å². The summed E-state index contributed by atoms with van der Waals surface area (Å²) in [6.45, 7) is 0.0429. The average molecular weight is 294 g/mol. The molecular weight excluding hydrogens is 280 g/mol. The van der Waals surface area contributed by atoms with Crippen LogP contribution in [-0.2, 0) is 9.53 Å². The molecule has 0 aliphatic heterocycles. The van der Waals surface area contributed by atoms with Gasteiger partial charge in [-0.15, -0.1) is 11.3 Å². The first-order valence-corrected chi connectivity index (χ1v) is 6.85. The highest BCUT2D eigenvalue weighted by atomic mass is 32.1. The molecule has 1 aromatic heterocycles. The van der Waals surface area contributed by atoms with E-state index in [9.17, 15) is 9.59 Å². The number of urea groups is 1. The molecule has 106 valence electrons. The Kier molecular flexibility index (Phi) is 4.91. The van der Waals surface area contributed by atoms with Gasteiger partial charge in [-0.05, 0) is 35.0 Å². The number of ether oxygens (including phenoxy) is 1. The molecular formula is C13H14N2O4S. The number of aliphatic carboxylic acids is 1. The van der Waals surface area contributed by atoms with Gasteiger partial charge in [0.05, 0.1) is 6.61 Å². The summed E-state index contributed by atoms with van der Waals surface area (Å²) in [5.74, 6) is -1.03. The number of amides is 2. The fraction of sp³-hybridized carbons (Fsp3) is 0.231. The zero-order chi connectivity index (χ0) is 14.4. The van der Waals surface area contributed by atoms with Gasteiger partial charge in [-0.25, -0.2) is 9.59 Å². The van der Waals surface area contributed by atoms with Crippen LogP contribution in [0.15, 0.2) is 29.6 Å². The number of carbonyl (C=O) groups is 2. The second-order valence-corrected chi connectivity index (χ2v) is 4.95. The van der Waals surface area contributed by atoms with Gasteiger partial charge in [-0.2, -0.15) is 0 Å². The van der Waals surface area contributed by atoms with Crippen LogP contribution in [0.4, 0.5) is 10.5 Å². The van der Waals surface area contributed by atoms with Crippen molar-refractivity contribution in [1.82, 2.24) is 5.32 Å². The van der Waals surface area contributed by atoms with E-state index in [1.165, 1.54) is 0 Å². The van der Waals surface area contributed by atoms with Gasteiger partial charge in [-0.3, -0.25) is 0 Å². The Hall–Kier alpha value is -2.12. The molecule has 6 nitrogen and oxygen atoms in total. The van der Waals surface area contributed by atoms with Crippen LogP contribution in [0, 0.1) is 0 Å². The maximum Gasteiger partial charge on any atom is 0.329 e. The molecule has 0 atom stereocenters. The first kappa shape index (κ1) is 14.3. The highest BCUT2D eigenvalue weighted by Crippen LogP contribution is 2.23. The molecule has 0 radical (unpaired) electrons. The third-order valence-corrected chi connectivity index (χ3v) is 3.37. The molecule has 1 heterocycles. The molecule has 0 spiro atoms. The maximum atomic E-state index is 11.6. The lowest BCUT2D eigenvalue weighted by atomic mass is 10.2. The molecule has 0 fully saturated rings. The zero-order valence-corrected chi connectivity index (χ0v) is 11.4. The Morgan fingerprint density at radius 2 is 2.15 bits per heavy atom. The first-order chi connectivity index (χ1) is 9.65. The van der Waals surface area contributed by atoms with E-state index in [-0.39, 0.29) is 25.8 Å². The number of hydrogen-bond acceptors (Lipinski definition) is 4. The largest absolute Gasteiger partial charge is 0.480 e. The minimum atomic E-state index is -1.03. The number of thiophene rings is 1. The minimum Gasteiger partial charge on any atom is -0.480 e. The second-order valence-electron chi connectivity index (χ2n) is 4.00. The number of nitrogens with one attached hydrogen (secondary N) is 2. The van der Waals surface area contributed by atoms with Gasteiger partial charge in [0, 0.05) is 16.9 Å². The summed E-state index contributed by atoms with van der Waals surface area (Å²) in [5, 5.41) is 16.7. The smallest absolute Gasteiger partial charge is 0.329 e. The van der Waals surface area contributed by atoms with Crippen LogP contribution in [0.3, 0.4) is 0 Å². The highest BCUT2D eigenvalue weighted by Gasteiger charge is 2.03. The molecule has 0 saturated heterocycles. The summed E-state index contributed by atoms with van der Waals surface area (Å²) in [7, 11) is 0. The molecule has 7 heteroatoms. The van der Waals surface area contributed by atoms with Crippen molar-refractivity contribution < 1.29 is 19.4 Å². The lowest BCUT2D eigenvalue weighted by Gasteiger charge is -2.07. The number of carbonyl (C=O) groups excluding carboxylic acids is 1. The van der Waals surface area contributed by atoms with Crippen LogP contribution in [-0.4, -0.2) is 36.9 Å². The predicted octanol–water partition coefficient (Wildman–Crippen LogP) is 2.12. The van der Waals surface area contributed by atoms with Crippen molar-refractivity contribution in [1.29, 1.82) is 0 Å². The van der Waals surface area contributed by atoms with Gasteiger partial charge in [0.1, 0.15) is 6.61 Å². The summed E-state index contributed by atoms with van der Waals surface area (Å²) >= 11 is 1.64. The summed E-state index contributed by atoms with van der Waals surface area (Å²) in [4.78, 5) is 21.8. The van der Waals surface area contributed by atoms with Crippen LogP contribution in [0.25, 0.3) is 10.1 Å². The average Bonchev–Trinajstić information content (AvgIpc) is 2.85. The van der Waals surface area contributed by atoms with E-state index in [0.717, 1.165) is 10.1 Å². The number of benzene rings is 1. The van der Waals surface area contributed by atoms with Crippen molar-refractivity contribution in [3.8, 4) is 0 Å². The molecule has 0 aliphatic carbocycles. The first-order valence-electron chi connectivity index (χ1n) is 5.97. The van der Waals surface area contributed by atoms with Gasteiger partial charge in [0.2, 0.25) is 0 Å². The summed E-state index contributed by atoms with van der Waals surface area (Å²) < 4.78 is 5.97. The van der Waals surface area contributed by atoms with E-state index < -0.39 is 5.97 Å². The molecule has 2 amide bonds. The monoisotopic (exact) mass is 294 g/mol. The van der Waals surface area contributed by atoms with Crippen LogP contribution in [0.5, 0.6) is 0 Å². The van der Waals surface area contributed by atoms with E-state index >= 15 is 0 Å². The molecule has 0 bridgehead atoms. The molecule has 0 aliphatic rings. The van der Waals surface area contributed by atoms with E-state index in [0.29, 0.717) is 5.69 Å². The number of anilines is 1. The Morgan fingerprint density at radius 3 is 2.95 bits per heavy atom. The van der Waals surface area contributed by atoms with Gasteiger partial charge in [0.15, 0.2) is 0 Å². The van der Waals surface area contributed by atoms with E-state index in [4.69, 9.17) is 9.84 Å². The molecule has 0 unspecified atom stereocenters. The second kappa shape index (κ2) is 6.88. The number of rotatable bonds is 6. The lowest BCUT2D eigenvalue weighted by Crippen LogP contribution is -2.31. The summed E-state index contributed by atoms with van der Waals surface area (Å²) in [6.07, 6.45) is 0. The number of fused-ring (bicyclic) bond motifs is 1. The van der Waals surface area contributed by atoms with Crippen molar-refractivity contribution in [2.24, 2.45) is 0 Å². The van der Waals surface area contributed by atoms with E-state index in [1.807, 2.05) is 29.6 Å². The van der Waals surface area contributed by atoms with Gasteiger partial charge in [-0.1, -0.05) is 0 Å². The molecule has 2 aromatic rings. The van der Waals surface area contributed by atoms with Crippen molar-refractivity contribution in [3.63, 3.8) is 0 Å². The standard InChI is InChI=1S/C13H14N2O4S/c16-12(17)8-19-5-4-14-13(18)15-10-1-2-11-9(7-10)3-6-20-11/h1-3,6-7H,4-5,8H2,(H,16,17)(H2,14,15,18). The Morgan fingerprint density at radius 1 is 1.30 bits per heavy atom. The van der Waals surface area contributed by atoms with Crippen LogP contribution in [0.2, 0.25) is 0 Å². The lowest BCUT2D eigenvalue weighted by molar-refractivity contribution is -0.142. The molecule has 1 aromatic carbocycles. The van der Waals surface area contributed by atoms with Crippen LogP contribution in [0.1, 0.15) is 0 Å². The third-order valence-electron chi connectivity index (χ3n) is 2.47. The van der Waals surface area contributed by atoms with Crippen molar-refractivity contribution >= 4 is 39.1 Å². The Labute approximate surface area is 119 Å². The number of hydrogen-bond donors (Lipinski definition) is 3. The topological polar surface area (TPSA) is 87.7 Å². The van der Waals surface area contributed by atoms with Crippen LogP contribution < -0.4 is 10.6 Å². The highest BCUT2D eigenvalue weighted by molar-refractivity contribution is 7.17. The van der Waals surface area contributed by atoms with Gasteiger partial charge in [0.25, 0.3) is 0 Å². The molecule has 3 N–H and O–H groups in total. The van der Waals surface area contributed by atoms with Gasteiger partial charge < -0.3 is 20.5 Å². The number of carboxylic acids is 1. The summed E-state index contributed by atoms with van der Waals surface area (Å²) in [6, 6.07) is 7.32. The normalized spacial score (nSPS) is 10.4. The van der Waals surface area contributed by atoms with Crippen molar-refractivity contribution in [2.75, 3.05) is 25.1 Å². The Bertz CT molecular complexity index is 611. The third kappa shape index (κ3) is 4.22.